The van der Waals surface area contributed by atoms with Crippen LogP contribution >= 0.6 is 0 Å². The van der Waals surface area contributed by atoms with Crippen LogP contribution in [0.25, 0.3) is 10.9 Å². The summed E-state index contributed by atoms with van der Waals surface area (Å²) < 4.78 is 0. The summed E-state index contributed by atoms with van der Waals surface area (Å²) in [5.41, 5.74) is 6.09. The minimum atomic E-state index is 0.672. The number of aromatic nitrogens is 2. The van der Waals surface area contributed by atoms with Gasteiger partial charge in [0.25, 0.3) is 0 Å². The highest BCUT2D eigenvalue weighted by Crippen LogP contribution is 2.32. The molecule has 1 aliphatic heterocycles. The third-order valence-corrected chi connectivity index (χ3v) is 6.69. The van der Waals surface area contributed by atoms with Crippen molar-refractivity contribution in [3.8, 4) is 0 Å². The van der Waals surface area contributed by atoms with Crippen molar-refractivity contribution in [2.45, 2.75) is 13.8 Å². The van der Waals surface area contributed by atoms with Crippen LogP contribution < -0.4 is 14.7 Å². The molecule has 34 heavy (non-hydrogen) atoms. The highest BCUT2D eigenvalue weighted by molar-refractivity contribution is 5.92. The van der Waals surface area contributed by atoms with Gasteiger partial charge in [0.2, 0.25) is 5.95 Å². The largest absolute Gasteiger partial charge is 0.368 e. The van der Waals surface area contributed by atoms with Crippen LogP contribution in [0.2, 0.25) is 0 Å². The Balaban J connectivity index is 1.48. The van der Waals surface area contributed by atoms with E-state index in [9.17, 15) is 0 Å². The SMILES string of the molecule is C=CCN(c1ccccc1)c1nc(N2CCN(c3cccc(C)c3C)CC2)nc2ccccc12. The summed E-state index contributed by atoms with van der Waals surface area (Å²) in [7, 11) is 0. The Labute approximate surface area is 202 Å². The fourth-order valence-corrected chi connectivity index (χ4v) is 4.67. The van der Waals surface area contributed by atoms with Gasteiger partial charge in [0, 0.05) is 49.5 Å². The zero-order valence-electron chi connectivity index (χ0n) is 20.0. The van der Waals surface area contributed by atoms with E-state index in [0.29, 0.717) is 6.54 Å². The van der Waals surface area contributed by atoms with Gasteiger partial charge in [-0.25, -0.2) is 4.98 Å². The maximum atomic E-state index is 5.12. The van der Waals surface area contributed by atoms with Crippen LogP contribution in [0.4, 0.5) is 23.1 Å². The highest BCUT2D eigenvalue weighted by atomic mass is 15.3. The Morgan fingerprint density at radius 2 is 1.53 bits per heavy atom. The van der Waals surface area contributed by atoms with Gasteiger partial charge in [0.1, 0.15) is 5.82 Å². The second-order valence-electron chi connectivity index (χ2n) is 8.79. The lowest BCUT2D eigenvalue weighted by Crippen LogP contribution is -2.47. The van der Waals surface area contributed by atoms with Gasteiger partial charge in [-0.2, -0.15) is 4.98 Å². The first-order valence-electron chi connectivity index (χ1n) is 11.9. The van der Waals surface area contributed by atoms with Crippen molar-refractivity contribution < 1.29 is 0 Å². The number of hydrogen-bond acceptors (Lipinski definition) is 5. The molecule has 3 aromatic carbocycles. The van der Waals surface area contributed by atoms with Crippen LogP contribution in [-0.4, -0.2) is 42.7 Å². The lowest BCUT2D eigenvalue weighted by molar-refractivity contribution is 0.640. The number of anilines is 4. The molecule has 0 unspecified atom stereocenters. The zero-order chi connectivity index (χ0) is 23.5. The average Bonchev–Trinajstić information content (AvgIpc) is 2.89. The number of hydrogen-bond donors (Lipinski definition) is 0. The van der Waals surface area contributed by atoms with Gasteiger partial charge in [-0.1, -0.05) is 48.5 Å². The Hall–Kier alpha value is -3.86. The maximum Gasteiger partial charge on any atom is 0.228 e. The Morgan fingerprint density at radius 3 is 2.29 bits per heavy atom. The predicted molar refractivity (Wildman–Crippen MR) is 144 cm³/mol. The summed E-state index contributed by atoms with van der Waals surface area (Å²) in [4.78, 5) is 17.1. The van der Waals surface area contributed by atoms with Crippen molar-refractivity contribution >= 4 is 34.0 Å². The molecule has 2 heterocycles. The quantitative estimate of drug-likeness (QED) is 0.343. The number of benzene rings is 3. The van der Waals surface area contributed by atoms with Crippen molar-refractivity contribution in [2.24, 2.45) is 0 Å². The van der Waals surface area contributed by atoms with Crippen molar-refractivity contribution in [1.82, 2.24) is 9.97 Å². The molecular weight excluding hydrogens is 418 g/mol. The van der Waals surface area contributed by atoms with Gasteiger partial charge in [-0.15, -0.1) is 6.58 Å². The third-order valence-electron chi connectivity index (χ3n) is 6.69. The zero-order valence-corrected chi connectivity index (χ0v) is 20.0. The molecule has 1 aliphatic rings. The first-order chi connectivity index (χ1) is 16.7. The summed E-state index contributed by atoms with van der Waals surface area (Å²) in [6, 6.07) is 25.2. The third kappa shape index (κ3) is 4.21. The molecule has 4 aromatic rings. The van der Waals surface area contributed by atoms with Gasteiger partial charge in [-0.05, 0) is 55.3 Å². The fraction of sp³-hybridized carbons (Fsp3) is 0.241. The molecule has 0 amide bonds. The normalized spacial score (nSPS) is 13.8. The second kappa shape index (κ2) is 9.56. The molecule has 1 fully saturated rings. The van der Waals surface area contributed by atoms with Crippen LogP contribution in [0.5, 0.6) is 0 Å². The molecule has 0 radical (unpaired) electrons. The number of rotatable bonds is 6. The Kier molecular flexibility index (Phi) is 6.17. The van der Waals surface area contributed by atoms with Crippen LogP contribution in [0.15, 0.2) is 85.5 Å². The summed E-state index contributed by atoms with van der Waals surface area (Å²) in [5.74, 6) is 1.71. The number of para-hydroxylation sites is 2. The molecule has 1 aromatic heterocycles. The lowest BCUT2D eigenvalue weighted by Gasteiger charge is -2.37. The van der Waals surface area contributed by atoms with Gasteiger partial charge < -0.3 is 14.7 Å². The second-order valence-corrected chi connectivity index (χ2v) is 8.79. The van der Waals surface area contributed by atoms with Crippen molar-refractivity contribution in [3.05, 3.63) is 96.6 Å². The Morgan fingerprint density at radius 1 is 0.824 bits per heavy atom. The summed E-state index contributed by atoms with van der Waals surface area (Å²) in [6.07, 6.45) is 1.92. The standard InChI is InChI=1S/C29H31N5/c1-4-17-34(24-12-6-5-7-13-24)28-25-14-8-9-15-26(25)30-29(31-28)33-20-18-32(19-21-33)27-16-10-11-22(2)23(27)3/h4-16H,1,17-21H2,2-3H3. The van der Waals surface area contributed by atoms with Gasteiger partial charge >= 0.3 is 0 Å². The van der Waals surface area contributed by atoms with E-state index < -0.39 is 0 Å². The monoisotopic (exact) mass is 449 g/mol. The summed E-state index contributed by atoms with van der Waals surface area (Å²) in [6.45, 7) is 12.7. The van der Waals surface area contributed by atoms with Crippen LogP contribution in [-0.2, 0) is 0 Å². The molecule has 0 spiro atoms. The number of aryl methyl sites for hydroxylation is 1. The van der Waals surface area contributed by atoms with E-state index in [0.717, 1.165) is 54.5 Å². The first-order valence-corrected chi connectivity index (χ1v) is 11.9. The molecule has 172 valence electrons. The molecular formula is C29H31N5. The van der Waals surface area contributed by atoms with E-state index in [1.54, 1.807) is 0 Å². The smallest absolute Gasteiger partial charge is 0.228 e. The lowest BCUT2D eigenvalue weighted by atomic mass is 10.1. The molecule has 5 nitrogen and oxygen atoms in total. The number of fused-ring (bicyclic) bond motifs is 1. The molecule has 5 heteroatoms. The predicted octanol–water partition coefficient (Wildman–Crippen LogP) is 5.90. The van der Waals surface area contributed by atoms with Gasteiger partial charge in [0.15, 0.2) is 0 Å². The Bertz CT molecular complexity index is 1290. The average molecular weight is 450 g/mol. The van der Waals surface area contributed by atoms with E-state index in [2.05, 4.69) is 95.8 Å². The highest BCUT2D eigenvalue weighted by Gasteiger charge is 2.23. The maximum absolute atomic E-state index is 5.12. The molecule has 0 bridgehead atoms. The number of nitrogens with zero attached hydrogens (tertiary/aromatic N) is 5. The summed E-state index contributed by atoms with van der Waals surface area (Å²) in [5, 5.41) is 1.05. The van der Waals surface area contributed by atoms with Crippen molar-refractivity contribution in [3.63, 3.8) is 0 Å². The molecule has 0 N–H and O–H groups in total. The summed E-state index contributed by atoms with van der Waals surface area (Å²) >= 11 is 0. The first kappa shape index (κ1) is 22.0. The van der Waals surface area contributed by atoms with Crippen LogP contribution in [0.1, 0.15) is 11.1 Å². The molecule has 1 saturated heterocycles. The van der Waals surface area contributed by atoms with Crippen molar-refractivity contribution in [2.75, 3.05) is 47.4 Å². The van der Waals surface area contributed by atoms with Gasteiger partial charge in [-0.3, -0.25) is 0 Å². The minimum Gasteiger partial charge on any atom is -0.368 e. The topological polar surface area (TPSA) is 35.5 Å². The molecule has 0 aliphatic carbocycles. The van der Waals surface area contributed by atoms with Crippen LogP contribution in [0.3, 0.4) is 0 Å². The fourth-order valence-electron chi connectivity index (χ4n) is 4.67. The van der Waals surface area contributed by atoms with Gasteiger partial charge in [0.05, 0.1) is 5.52 Å². The van der Waals surface area contributed by atoms with E-state index in [4.69, 9.17) is 9.97 Å². The van der Waals surface area contributed by atoms with E-state index >= 15 is 0 Å². The number of piperazine rings is 1. The molecule has 0 saturated carbocycles. The van der Waals surface area contributed by atoms with Crippen LogP contribution in [0, 0.1) is 13.8 Å². The van der Waals surface area contributed by atoms with Crippen molar-refractivity contribution in [1.29, 1.82) is 0 Å². The molecule has 5 rings (SSSR count). The van der Waals surface area contributed by atoms with E-state index in [1.807, 2.05) is 18.2 Å². The molecule has 0 atom stereocenters. The minimum absolute atomic E-state index is 0.672. The van der Waals surface area contributed by atoms with E-state index in [1.165, 1.54) is 16.8 Å². The van der Waals surface area contributed by atoms with E-state index in [-0.39, 0.29) is 0 Å².